The first kappa shape index (κ1) is 22.0. The van der Waals surface area contributed by atoms with Gasteiger partial charge >= 0.3 is 10.1 Å². The minimum absolute atomic E-state index is 0.0584. The number of hydrogen-bond acceptors (Lipinski definition) is 6. The summed E-state index contributed by atoms with van der Waals surface area (Å²) in [5.74, 6) is 0.758. The molecule has 0 aromatic heterocycles. The van der Waals surface area contributed by atoms with Gasteiger partial charge in [-0.2, -0.15) is 8.42 Å². The highest BCUT2D eigenvalue weighted by molar-refractivity contribution is 7.87. The number of rotatable bonds is 7. The third kappa shape index (κ3) is 5.24. The Hall–Kier alpha value is -2.74. The lowest BCUT2D eigenvalue weighted by Gasteiger charge is -2.13. The topological polar surface area (TPSA) is 74.2 Å². The van der Waals surface area contributed by atoms with E-state index in [9.17, 15) is 8.42 Å². The van der Waals surface area contributed by atoms with Gasteiger partial charge < -0.3 is 13.7 Å². The highest BCUT2D eigenvalue weighted by Gasteiger charge is 2.22. The fourth-order valence-electron chi connectivity index (χ4n) is 2.47. The maximum Gasteiger partial charge on any atom is 0.339 e. The van der Waals surface area contributed by atoms with Gasteiger partial charge in [0.25, 0.3) is 0 Å². The van der Waals surface area contributed by atoms with Crippen molar-refractivity contribution in [2.45, 2.75) is 4.90 Å². The van der Waals surface area contributed by atoms with Gasteiger partial charge in [0.15, 0.2) is 5.75 Å². The van der Waals surface area contributed by atoms with Crippen LogP contribution in [0.15, 0.2) is 70.6 Å². The molecule has 0 aliphatic rings. The maximum absolute atomic E-state index is 12.6. The molecule has 0 heterocycles. The van der Waals surface area contributed by atoms with Crippen LogP contribution in [0, 0.1) is 0 Å². The van der Waals surface area contributed by atoms with Gasteiger partial charge in [0.2, 0.25) is 5.75 Å². The summed E-state index contributed by atoms with van der Waals surface area (Å²) in [5, 5.41) is 0.466. The summed E-state index contributed by atoms with van der Waals surface area (Å²) in [5.41, 5.74) is 1.31. The fourth-order valence-corrected chi connectivity index (χ4v) is 3.86. The summed E-state index contributed by atoms with van der Waals surface area (Å²) < 4.78 is 40.8. The number of halogens is 2. The molecular weight excluding hydrogens is 449 g/mol. The molecule has 0 atom stereocenters. The van der Waals surface area contributed by atoms with Crippen molar-refractivity contribution in [3.8, 4) is 17.2 Å². The van der Waals surface area contributed by atoms with Crippen LogP contribution in [-0.4, -0.2) is 28.9 Å². The molecule has 0 aliphatic carbocycles. The third-order valence-electron chi connectivity index (χ3n) is 3.98. The van der Waals surface area contributed by atoms with Gasteiger partial charge in [-0.15, -0.1) is 0 Å². The molecule has 3 aromatic rings. The molecule has 0 fully saturated rings. The van der Waals surface area contributed by atoms with Crippen molar-refractivity contribution in [1.82, 2.24) is 0 Å². The molecule has 30 heavy (non-hydrogen) atoms. The number of hydrogen-bond donors (Lipinski definition) is 0. The molecule has 0 amide bonds. The highest BCUT2D eigenvalue weighted by Crippen LogP contribution is 2.38. The number of ether oxygens (including phenoxy) is 2. The van der Waals surface area contributed by atoms with E-state index in [1.807, 2.05) is 0 Å². The van der Waals surface area contributed by atoms with Crippen LogP contribution in [-0.2, 0) is 10.1 Å². The van der Waals surface area contributed by atoms with Gasteiger partial charge in [0, 0.05) is 11.2 Å². The molecule has 156 valence electrons. The van der Waals surface area contributed by atoms with Crippen LogP contribution in [0.25, 0.3) is 0 Å². The summed E-state index contributed by atoms with van der Waals surface area (Å²) in [7, 11) is -1.16. The Bertz CT molecular complexity index is 1160. The standard InChI is InChI=1S/C21H17Cl2NO5S/c1-27-17-7-5-16(6-8-17)24-13-14-11-19(23)21(20(12-14)28-2)29-30(25,26)18-9-3-15(22)4-10-18/h3-13H,1-2H3. The Labute approximate surface area is 184 Å². The third-order valence-corrected chi connectivity index (χ3v) is 5.75. The molecule has 0 spiro atoms. The zero-order valence-electron chi connectivity index (χ0n) is 16.0. The molecule has 3 aromatic carbocycles. The van der Waals surface area contributed by atoms with Crippen molar-refractivity contribution in [2.75, 3.05) is 14.2 Å². The summed E-state index contributed by atoms with van der Waals surface area (Å²) in [6.07, 6.45) is 1.58. The maximum atomic E-state index is 12.6. The quantitative estimate of drug-likeness (QED) is 0.338. The lowest BCUT2D eigenvalue weighted by Crippen LogP contribution is -2.11. The van der Waals surface area contributed by atoms with E-state index in [1.54, 1.807) is 43.7 Å². The Morgan fingerprint density at radius 2 is 1.57 bits per heavy atom. The Kier molecular flexibility index (Phi) is 6.87. The van der Waals surface area contributed by atoms with Gasteiger partial charge in [-0.3, -0.25) is 4.99 Å². The van der Waals surface area contributed by atoms with Crippen molar-refractivity contribution < 1.29 is 22.1 Å². The summed E-state index contributed by atoms with van der Waals surface area (Å²) in [6, 6.07) is 15.9. The minimum atomic E-state index is -4.13. The smallest absolute Gasteiger partial charge is 0.339 e. The monoisotopic (exact) mass is 465 g/mol. The Morgan fingerprint density at radius 3 is 2.17 bits per heavy atom. The first-order valence-corrected chi connectivity index (χ1v) is 10.7. The Balaban J connectivity index is 1.88. The van der Waals surface area contributed by atoms with Crippen molar-refractivity contribution in [3.05, 3.63) is 76.3 Å². The summed E-state index contributed by atoms with van der Waals surface area (Å²) in [4.78, 5) is 4.30. The van der Waals surface area contributed by atoms with Crippen molar-refractivity contribution in [2.24, 2.45) is 4.99 Å². The minimum Gasteiger partial charge on any atom is -0.497 e. The predicted molar refractivity (Wildman–Crippen MR) is 118 cm³/mol. The van der Waals surface area contributed by atoms with Crippen molar-refractivity contribution >= 4 is 45.2 Å². The number of aliphatic imine (C=N–C) groups is 1. The second kappa shape index (κ2) is 9.38. The molecule has 3 rings (SSSR count). The van der Waals surface area contributed by atoms with Crippen molar-refractivity contribution in [1.29, 1.82) is 0 Å². The molecule has 9 heteroatoms. The number of benzene rings is 3. The van der Waals surface area contributed by atoms with Gasteiger partial charge in [-0.05, 0) is 66.2 Å². The number of nitrogens with zero attached hydrogens (tertiary/aromatic N) is 1. The first-order valence-electron chi connectivity index (χ1n) is 8.58. The summed E-state index contributed by atoms with van der Waals surface area (Å²) >= 11 is 12.1. The fraction of sp³-hybridized carbons (Fsp3) is 0.0952. The average molecular weight is 466 g/mol. The van der Waals surface area contributed by atoms with E-state index in [4.69, 9.17) is 36.9 Å². The van der Waals surface area contributed by atoms with Gasteiger partial charge in [0.05, 0.1) is 24.9 Å². The van der Waals surface area contributed by atoms with E-state index in [1.165, 1.54) is 37.4 Å². The van der Waals surface area contributed by atoms with Crippen LogP contribution < -0.4 is 13.7 Å². The second-order valence-electron chi connectivity index (χ2n) is 5.98. The Morgan fingerprint density at radius 1 is 0.900 bits per heavy atom. The van der Waals surface area contributed by atoms with Crippen LogP contribution in [0.2, 0.25) is 10.0 Å². The molecule has 0 saturated heterocycles. The first-order chi connectivity index (χ1) is 14.3. The predicted octanol–water partition coefficient (Wildman–Crippen LogP) is 5.53. The van der Waals surface area contributed by atoms with Crippen LogP contribution in [0.5, 0.6) is 17.2 Å². The lowest BCUT2D eigenvalue weighted by molar-refractivity contribution is 0.390. The van der Waals surface area contributed by atoms with E-state index in [0.29, 0.717) is 16.3 Å². The average Bonchev–Trinajstić information content (AvgIpc) is 2.74. The van der Waals surface area contributed by atoms with Crippen LogP contribution in [0.1, 0.15) is 5.56 Å². The van der Waals surface area contributed by atoms with E-state index < -0.39 is 10.1 Å². The molecular formula is C21H17Cl2NO5S. The number of methoxy groups -OCH3 is 2. The SMILES string of the molecule is COc1ccc(N=Cc2cc(Cl)c(OS(=O)(=O)c3ccc(Cl)cc3)c(OC)c2)cc1. The second-order valence-corrected chi connectivity index (χ2v) is 8.37. The molecule has 0 bridgehead atoms. The van der Waals surface area contributed by atoms with Gasteiger partial charge in [-0.25, -0.2) is 0 Å². The van der Waals surface area contributed by atoms with E-state index in [2.05, 4.69) is 4.99 Å². The normalized spacial score (nSPS) is 11.5. The van der Waals surface area contributed by atoms with Gasteiger partial charge in [0.1, 0.15) is 10.6 Å². The molecule has 0 aliphatic heterocycles. The molecule has 6 nitrogen and oxygen atoms in total. The van der Waals surface area contributed by atoms with E-state index >= 15 is 0 Å². The zero-order chi connectivity index (χ0) is 21.7. The molecule has 0 saturated carbocycles. The van der Waals surface area contributed by atoms with E-state index in [-0.39, 0.29) is 21.4 Å². The lowest BCUT2D eigenvalue weighted by atomic mass is 10.2. The zero-order valence-corrected chi connectivity index (χ0v) is 18.3. The molecule has 0 unspecified atom stereocenters. The highest BCUT2D eigenvalue weighted by atomic mass is 35.5. The van der Waals surface area contributed by atoms with Crippen LogP contribution in [0.4, 0.5) is 5.69 Å². The summed E-state index contributed by atoms with van der Waals surface area (Å²) in [6.45, 7) is 0. The molecule has 0 radical (unpaired) electrons. The van der Waals surface area contributed by atoms with E-state index in [0.717, 1.165) is 5.75 Å². The van der Waals surface area contributed by atoms with Crippen molar-refractivity contribution in [3.63, 3.8) is 0 Å². The largest absolute Gasteiger partial charge is 0.497 e. The molecule has 0 N–H and O–H groups in total. The van der Waals surface area contributed by atoms with Crippen LogP contribution >= 0.6 is 23.2 Å². The van der Waals surface area contributed by atoms with Gasteiger partial charge in [-0.1, -0.05) is 23.2 Å². The van der Waals surface area contributed by atoms with Crippen LogP contribution in [0.3, 0.4) is 0 Å².